The molecule has 1 aromatic heterocycles. The number of nitrogens with one attached hydrogen (secondary N) is 1. The molecule has 1 aromatic carbocycles. The molecule has 0 aliphatic rings. The van der Waals surface area contributed by atoms with Crippen LogP contribution in [0.1, 0.15) is 39.4 Å². The molecular formula is C17H23NS. The zero-order valence-electron chi connectivity index (χ0n) is 12.3. The third kappa shape index (κ3) is 3.68. The van der Waals surface area contributed by atoms with Crippen LogP contribution in [0.3, 0.4) is 0 Å². The largest absolute Gasteiger partial charge is 0.312 e. The fourth-order valence-corrected chi connectivity index (χ4v) is 3.60. The first-order valence-corrected chi connectivity index (χ1v) is 7.77. The van der Waals surface area contributed by atoms with Gasteiger partial charge < -0.3 is 5.32 Å². The molecule has 0 saturated heterocycles. The van der Waals surface area contributed by atoms with Crippen molar-refractivity contribution in [2.45, 2.75) is 39.7 Å². The van der Waals surface area contributed by atoms with Crippen LogP contribution in [0.25, 0.3) is 0 Å². The van der Waals surface area contributed by atoms with Gasteiger partial charge in [-0.15, -0.1) is 11.3 Å². The third-order valence-corrected chi connectivity index (χ3v) is 4.79. The molecule has 1 heterocycles. The molecule has 0 spiro atoms. The molecule has 1 N–H and O–H groups in total. The highest BCUT2D eigenvalue weighted by Crippen LogP contribution is 2.26. The maximum atomic E-state index is 3.45. The number of benzene rings is 1. The first kappa shape index (κ1) is 14.3. The van der Waals surface area contributed by atoms with Gasteiger partial charge in [0.15, 0.2) is 0 Å². The molecule has 1 atom stereocenters. The van der Waals surface area contributed by atoms with Crippen molar-refractivity contribution in [1.29, 1.82) is 0 Å². The maximum absolute atomic E-state index is 3.45. The summed E-state index contributed by atoms with van der Waals surface area (Å²) in [6, 6.07) is 11.8. The molecule has 0 fully saturated rings. The fraction of sp³-hybridized carbons (Fsp3) is 0.412. The second-order valence-corrected chi connectivity index (χ2v) is 6.40. The fourth-order valence-electron chi connectivity index (χ4n) is 2.54. The predicted octanol–water partition coefficient (Wildman–Crippen LogP) is 4.43. The lowest BCUT2D eigenvalue weighted by atomic mass is 10.0. The molecular weight excluding hydrogens is 250 g/mol. The lowest BCUT2D eigenvalue weighted by Crippen LogP contribution is -2.17. The summed E-state index contributed by atoms with van der Waals surface area (Å²) >= 11 is 1.93. The topological polar surface area (TPSA) is 12.0 Å². The smallest absolute Gasteiger partial charge is 0.0453 e. The summed E-state index contributed by atoms with van der Waals surface area (Å²) in [6.07, 6.45) is 2.19. The van der Waals surface area contributed by atoms with Crippen LogP contribution in [0.15, 0.2) is 30.3 Å². The minimum Gasteiger partial charge on any atom is -0.312 e. The van der Waals surface area contributed by atoms with Crippen molar-refractivity contribution in [3.05, 3.63) is 56.8 Å². The van der Waals surface area contributed by atoms with Gasteiger partial charge in [-0.25, -0.2) is 0 Å². The van der Waals surface area contributed by atoms with Gasteiger partial charge in [0.25, 0.3) is 0 Å². The van der Waals surface area contributed by atoms with Crippen LogP contribution in [-0.2, 0) is 12.8 Å². The van der Waals surface area contributed by atoms with Gasteiger partial charge in [0.05, 0.1) is 0 Å². The van der Waals surface area contributed by atoms with E-state index >= 15 is 0 Å². The summed E-state index contributed by atoms with van der Waals surface area (Å²) in [5.41, 5.74) is 4.12. The normalized spacial score (nSPS) is 12.6. The minimum atomic E-state index is 0.423. The average Bonchev–Trinajstić information content (AvgIpc) is 2.83. The molecule has 102 valence electrons. The second-order valence-electron chi connectivity index (χ2n) is 5.20. The predicted molar refractivity (Wildman–Crippen MR) is 85.1 cm³/mol. The van der Waals surface area contributed by atoms with E-state index in [1.807, 2.05) is 11.3 Å². The van der Waals surface area contributed by atoms with Crippen LogP contribution >= 0.6 is 11.3 Å². The van der Waals surface area contributed by atoms with Gasteiger partial charge >= 0.3 is 0 Å². The van der Waals surface area contributed by atoms with Crippen LogP contribution in [0.5, 0.6) is 0 Å². The van der Waals surface area contributed by atoms with E-state index in [2.05, 4.69) is 63.5 Å². The standard InChI is InChI=1S/C17H23NS/c1-5-15-6-7-17(19-15)16(18-4)11-14-9-12(2)8-13(3)10-14/h6-10,16,18H,5,11H2,1-4H3. The number of thiophene rings is 1. The number of hydrogen-bond donors (Lipinski definition) is 1. The second kappa shape index (κ2) is 6.36. The van der Waals surface area contributed by atoms with Gasteiger partial charge in [0.1, 0.15) is 0 Å². The van der Waals surface area contributed by atoms with E-state index < -0.39 is 0 Å². The summed E-state index contributed by atoms with van der Waals surface area (Å²) < 4.78 is 0. The van der Waals surface area contributed by atoms with E-state index in [4.69, 9.17) is 0 Å². The van der Waals surface area contributed by atoms with Crippen LogP contribution < -0.4 is 5.32 Å². The summed E-state index contributed by atoms with van der Waals surface area (Å²) in [4.78, 5) is 2.91. The van der Waals surface area contributed by atoms with Crippen molar-refractivity contribution < 1.29 is 0 Å². The molecule has 2 aromatic rings. The molecule has 2 heteroatoms. The third-order valence-electron chi connectivity index (χ3n) is 3.44. The first-order chi connectivity index (χ1) is 9.12. The average molecular weight is 273 g/mol. The van der Waals surface area contributed by atoms with E-state index in [0.29, 0.717) is 6.04 Å². The molecule has 0 aliphatic heterocycles. The van der Waals surface area contributed by atoms with Crippen molar-refractivity contribution in [3.63, 3.8) is 0 Å². The number of hydrogen-bond acceptors (Lipinski definition) is 2. The Bertz CT molecular complexity index is 522. The molecule has 0 bridgehead atoms. The zero-order valence-corrected chi connectivity index (χ0v) is 13.1. The van der Waals surface area contributed by atoms with Gasteiger partial charge in [0.2, 0.25) is 0 Å². The summed E-state index contributed by atoms with van der Waals surface area (Å²) in [5.74, 6) is 0. The lowest BCUT2D eigenvalue weighted by Gasteiger charge is -2.15. The Hall–Kier alpha value is -1.12. The summed E-state index contributed by atoms with van der Waals surface area (Å²) in [6.45, 7) is 6.56. The molecule has 0 aliphatic carbocycles. The summed E-state index contributed by atoms with van der Waals surface area (Å²) in [5, 5.41) is 3.45. The van der Waals surface area contributed by atoms with Gasteiger partial charge in [-0.3, -0.25) is 0 Å². The van der Waals surface area contributed by atoms with Crippen LogP contribution in [0.2, 0.25) is 0 Å². The van der Waals surface area contributed by atoms with E-state index in [9.17, 15) is 0 Å². The van der Waals surface area contributed by atoms with Crippen molar-refractivity contribution >= 4 is 11.3 Å². The van der Waals surface area contributed by atoms with E-state index in [1.54, 1.807) is 0 Å². The Balaban J connectivity index is 2.18. The number of rotatable bonds is 5. The zero-order chi connectivity index (χ0) is 13.8. The Morgan fingerprint density at radius 3 is 2.32 bits per heavy atom. The number of aryl methyl sites for hydroxylation is 3. The van der Waals surface area contributed by atoms with Crippen molar-refractivity contribution in [3.8, 4) is 0 Å². The highest BCUT2D eigenvalue weighted by atomic mass is 32.1. The Morgan fingerprint density at radius 2 is 1.79 bits per heavy atom. The summed E-state index contributed by atoms with van der Waals surface area (Å²) in [7, 11) is 2.05. The van der Waals surface area contributed by atoms with Gasteiger partial charge in [-0.2, -0.15) is 0 Å². The van der Waals surface area contributed by atoms with Crippen molar-refractivity contribution in [2.75, 3.05) is 7.05 Å². The van der Waals surface area contributed by atoms with Crippen molar-refractivity contribution in [2.24, 2.45) is 0 Å². The van der Waals surface area contributed by atoms with E-state index in [0.717, 1.165) is 12.8 Å². The molecule has 2 rings (SSSR count). The first-order valence-electron chi connectivity index (χ1n) is 6.95. The molecule has 19 heavy (non-hydrogen) atoms. The van der Waals surface area contributed by atoms with Crippen LogP contribution in [0.4, 0.5) is 0 Å². The highest BCUT2D eigenvalue weighted by Gasteiger charge is 2.12. The Labute approximate surface area is 120 Å². The molecule has 1 nitrogen and oxygen atoms in total. The van der Waals surface area contributed by atoms with Crippen molar-refractivity contribution in [1.82, 2.24) is 5.32 Å². The molecule has 0 radical (unpaired) electrons. The molecule has 0 amide bonds. The van der Waals surface area contributed by atoms with Gasteiger partial charge in [-0.1, -0.05) is 36.2 Å². The number of likely N-dealkylation sites (N-methyl/N-ethyl adjacent to an activating group) is 1. The van der Waals surface area contributed by atoms with Gasteiger partial charge in [0, 0.05) is 15.8 Å². The monoisotopic (exact) mass is 273 g/mol. The van der Waals surface area contributed by atoms with Gasteiger partial charge in [-0.05, 0) is 51.4 Å². The lowest BCUT2D eigenvalue weighted by molar-refractivity contribution is 0.602. The van der Waals surface area contributed by atoms with E-state index in [1.165, 1.54) is 26.4 Å². The maximum Gasteiger partial charge on any atom is 0.0453 e. The van der Waals surface area contributed by atoms with Crippen LogP contribution in [0, 0.1) is 13.8 Å². The highest BCUT2D eigenvalue weighted by molar-refractivity contribution is 7.12. The minimum absolute atomic E-state index is 0.423. The molecule has 0 saturated carbocycles. The Kier molecular flexibility index (Phi) is 4.78. The molecule has 1 unspecified atom stereocenters. The van der Waals surface area contributed by atoms with Crippen LogP contribution in [-0.4, -0.2) is 7.05 Å². The van der Waals surface area contributed by atoms with E-state index in [-0.39, 0.29) is 0 Å². The SMILES string of the molecule is CCc1ccc(C(Cc2cc(C)cc(C)c2)NC)s1. The quantitative estimate of drug-likeness (QED) is 0.849. The Morgan fingerprint density at radius 1 is 1.11 bits per heavy atom.